The molecule has 2 fully saturated rings. The molecule has 10 nitrogen and oxygen atoms in total. The molecule has 10 heteroatoms. The Kier molecular flexibility index (Phi) is 11.8. The second kappa shape index (κ2) is 16.3. The molecule has 5 rings (SSSR count). The lowest BCUT2D eigenvalue weighted by molar-refractivity contribution is -0.143. The van der Waals surface area contributed by atoms with E-state index in [1.165, 1.54) is 0 Å². The summed E-state index contributed by atoms with van der Waals surface area (Å²) in [5, 5.41) is 12.2. The molecule has 2 heterocycles. The number of carbonyl (C=O) groups is 4. The number of carbonyl (C=O) groups excluding carboxylic acids is 4. The Labute approximate surface area is 276 Å². The van der Waals surface area contributed by atoms with Crippen LogP contribution >= 0.6 is 0 Å². The SMILES string of the molecule is CN[C@H](Cc1ccccc1)C(=O)N[C@@H]1C(=O)N2[C@@H](CC[C@@H]1CCNC(=O)CN)CC[C@H]2C(=O)NC(c1ccccc1)c1ccccc1. The van der Waals surface area contributed by atoms with Crippen LogP contribution in [-0.2, 0) is 25.6 Å². The Hall–Kier alpha value is -4.54. The standard InChI is InChI=1S/C37H46N6O4/c1-39-30(23-25-11-5-2-6-12-25)35(45)42-34-28(21-22-40-32(44)24-38)17-18-29-19-20-31(43(29)37(34)47)36(46)41-33(26-13-7-3-8-14-26)27-15-9-4-10-16-27/h2-16,28-31,33-34,39H,17-24,38H2,1H3,(H,40,44)(H,41,46)(H,42,45)/t28-,29+,30-,31+,34+/m1/s1. The highest BCUT2D eigenvalue weighted by Crippen LogP contribution is 2.35. The van der Waals surface area contributed by atoms with Crippen LogP contribution < -0.4 is 27.0 Å². The van der Waals surface area contributed by atoms with E-state index in [9.17, 15) is 19.2 Å². The maximum absolute atomic E-state index is 14.5. The minimum absolute atomic E-state index is 0.113. The summed E-state index contributed by atoms with van der Waals surface area (Å²) >= 11 is 0. The van der Waals surface area contributed by atoms with Crippen molar-refractivity contribution in [1.82, 2.24) is 26.2 Å². The number of hydrogen-bond acceptors (Lipinski definition) is 6. The molecule has 248 valence electrons. The third kappa shape index (κ3) is 8.44. The van der Waals surface area contributed by atoms with Crippen molar-refractivity contribution < 1.29 is 19.2 Å². The fourth-order valence-electron chi connectivity index (χ4n) is 6.97. The van der Waals surface area contributed by atoms with Crippen LogP contribution in [0.5, 0.6) is 0 Å². The fraction of sp³-hybridized carbons (Fsp3) is 0.405. The van der Waals surface area contributed by atoms with Gasteiger partial charge in [0.1, 0.15) is 12.1 Å². The van der Waals surface area contributed by atoms with Crippen LogP contribution in [0.1, 0.15) is 54.8 Å². The Bertz CT molecular complexity index is 1450. The van der Waals surface area contributed by atoms with Crippen molar-refractivity contribution in [2.24, 2.45) is 11.7 Å². The van der Waals surface area contributed by atoms with Crippen LogP contribution in [0.3, 0.4) is 0 Å². The van der Waals surface area contributed by atoms with E-state index in [2.05, 4.69) is 21.3 Å². The summed E-state index contributed by atoms with van der Waals surface area (Å²) in [7, 11) is 1.73. The normalized spacial score (nSPS) is 21.4. The number of amides is 4. The van der Waals surface area contributed by atoms with E-state index < -0.39 is 18.1 Å². The first kappa shape index (κ1) is 33.8. The van der Waals surface area contributed by atoms with E-state index >= 15 is 0 Å². The van der Waals surface area contributed by atoms with Crippen LogP contribution in [-0.4, -0.2) is 72.8 Å². The molecule has 3 aromatic carbocycles. The van der Waals surface area contributed by atoms with Crippen LogP contribution in [0.15, 0.2) is 91.0 Å². The highest BCUT2D eigenvalue weighted by atomic mass is 16.2. The molecule has 0 aromatic heterocycles. The number of fused-ring (bicyclic) bond motifs is 1. The van der Waals surface area contributed by atoms with Crippen molar-refractivity contribution in [1.29, 1.82) is 0 Å². The monoisotopic (exact) mass is 638 g/mol. The molecule has 3 aromatic rings. The Balaban J connectivity index is 1.38. The summed E-state index contributed by atoms with van der Waals surface area (Å²) in [5.74, 6) is -1.24. The molecule has 0 bridgehead atoms. The van der Waals surface area contributed by atoms with Crippen LogP contribution in [0.4, 0.5) is 0 Å². The number of nitrogens with zero attached hydrogens (tertiary/aromatic N) is 1. The molecule has 0 spiro atoms. The molecular formula is C37H46N6O4. The Morgan fingerprint density at radius 1 is 0.851 bits per heavy atom. The summed E-state index contributed by atoms with van der Waals surface area (Å²) in [6.07, 6.45) is 3.58. The van der Waals surface area contributed by atoms with Crippen molar-refractivity contribution in [3.63, 3.8) is 0 Å². The van der Waals surface area contributed by atoms with Gasteiger partial charge in [-0.25, -0.2) is 0 Å². The van der Waals surface area contributed by atoms with Gasteiger partial charge >= 0.3 is 0 Å². The third-order valence-electron chi connectivity index (χ3n) is 9.49. The topological polar surface area (TPSA) is 146 Å². The second-order valence-corrected chi connectivity index (χ2v) is 12.5. The lowest BCUT2D eigenvalue weighted by Crippen LogP contribution is -2.58. The number of hydrogen-bond donors (Lipinski definition) is 5. The van der Waals surface area contributed by atoms with Crippen molar-refractivity contribution in [2.75, 3.05) is 20.1 Å². The summed E-state index contributed by atoms with van der Waals surface area (Å²) in [6, 6.07) is 26.8. The van der Waals surface area contributed by atoms with E-state index in [0.717, 1.165) is 16.7 Å². The van der Waals surface area contributed by atoms with Gasteiger partial charge in [0, 0.05) is 12.6 Å². The molecule has 2 saturated heterocycles. The maximum Gasteiger partial charge on any atom is 0.246 e. The van der Waals surface area contributed by atoms with Crippen molar-refractivity contribution in [2.45, 2.75) is 68.7 Å². The van der Waals surface area contributed by atoms with Gasteiger partial charge in [0.25, 0.3) is 0 Å². The van der Waals surface area contributed by atoms with Gasteiger partial charge in [0.2, 0.25) is 23.6 Å². The minimum atomic E-state index is -0.846. The summed E-state index contributed by atoms with van der Waals surface area (Å²) < 4.78 is 0. The molecule has 0 radical (unpaired) electrons. The number of likely N-dealkylation sites (N-methyl/N-ethyl adjacent to an activating group) is 1. The molecule has 6 N–H and O–H groups in total. The fourth-order valence-corrected chi connectivity index (χ4v) is 6.97. The molecule has 0 aliphatic carbocycles. The van der Waals surface area contributed by atoms with Crippen LogP contribution in [0, 0.1) is 5.92 Å². The first-order valence-corrected chi connectivity index (χ1v) is 16.6. The van der Waals surface area contributed by atoms with Gasteiger partial charge in [-0.1, -0.05) is 91.0 Å². The first-order valence-electron chi connectivity index (χ1n) is 16.6. The highest BCUT2D eigenvalue weighted by molar-refractivity contribution is 5.94. The quantitative estimate of drug-likeness (QED) is 0.195. The molecule has 2 aliphatic heterocycles. The number of benzene rings is 3. The lowest BCUT2D eigenvalue weighted by Gasteiger charge is -2.33. The van der Waals surface area contributed by atoms with Gasteiger partial charge in [0.15, 0.2) is 0 Å². The average molecular weight is 639 g/mol. The zero-order chi connectivity index (χ0) is 33.2. The van der Waals surface area contributed by atoms with E-state index in [1.54, 1.807) is 11.9 Å². The third-order valence-corrected chi connectivity index (χ3v) is 9.49. The van der Waals surface area contributed by atoms with E-state index in [4.69, 9.17) is 5.73 Å². The van der Waals surface area contributed by atoms with Crippen molar-refractivity contribution >= 4 is 23.6 Å². The Morgan fingerprint density at radius 3 is 2.04 bits per heavy atom. The predicted octanol–water partition coefficient (Wildman–Crippen LogP) is 2.44. The molecule has 0 unspecified atom stereocenters. The minimum Gasteiger partial charge on any atom is -0.355 e. The van der Waals surface area contributed by atoms with Crippen LogP contribution in [0.25, 0.3) is 0 Å². The summed E-state index contributed by atoms with van der Waals surface area (Å²) in [6.45, 7) is 0.219. The largest absolute Gasteiger partial charge is 0.355 e. The number of nitrogens with one attached hydrogen (secondary N) is 4. The predicted molar refractivity (Wildman–Crippen MR) is 181 cm³/mol. The highest BCUT2D eigenvalue weighted by Gasteiger charge is 2.48. The van der Waals surface area contributed by atoms with Gasteiger partial charge in [-0.05, 0) is 68.2 Å². The van der Waals surface area contributed by atoms with Gasteiger partial charge in [-0.3, -0.25) is 19.2 Å². The number of nitrogens with two attached hydrogens (primary N) is 1. The zero-order valence-electron chi connectivity index (χ0n) is 26.9. The van der Waals surface area contributed by atoms with E-state index in [1.807, 2.05) is 91.0 Å². The summed E-state index contributed by atoms with van der Waals surface area (Å²) in [4.78, 5) is 56.0. The average Bonchev–Trinajstić information content (AvgIpc) is 3.50. The molecule has 2 aliphatic rings. The van der Waals surface area contributed by atoms with Gasteiger partial charge in [0.05, 0.1) is 18.6 Å². The first-order chi connectivity index (χ1) is 22.9. The molecule has 5 atom stereocenters. The molecule has 47 heavy (non-hydrogen) atoms. The smallest absolute Gasteiger partial charge is 0.246 e. The molecule has 4 amide bonds. The number of rotatable bonds is 13. The lowest BCUT2D eigenvalue weighted by atomic mass is 9.90. The van der Waals surface area contributed by atoms with Gasteiger partial charge in [-0.2, -0.15) is 0 Å². The molecule has 0 saturated carbocycles. The van der Waals surface area contributed by atoms with Crippen molar-refractivity contribution in [3.8, 4) is 0 Å². The van der Waals surface area contributed by atoms with Crippen molar-refractivity contribution in [3.05, 3.63) is 108 Å². The summed E-state index contributed by atoms with van der Waals surface area (Å²) in [5.41, 5.74) is 8.38. The van der Waals surface area contributed by atoms with Gasteiger partial charge < -0.3 is 31.9 Å². The van der Waals surface area contributed by atoms with Gasteiger partial charge in [-0.15, -0.1) is 0 Å². The maximum atomic E-state index is 14.5. The molecular weight excluding hydrogens is 592 g/mol. The second-order valence-electron chi connectivity index (χ2n) is 12.5. The van der Waals surface area contributed by atoms with Crippen LogP contribution in [0.2, 0.25) is 0 Å². The Morgan fingerprint density at radius 2 is 1.45 bits per heavy atom. The van der Waals surface area contributed by atoms with E-state index in [0.29, 0.717) is 45.1 Å². The zero-order valence-corrected chi connectivity index (χ0v) is 26.9. The van der Waals surface area contributed by atoms with E-state index in [-0.39, 0.29) is 48.2 Å².